The van der Waals surface area contributed by atoms with E-state index in [9.17, 15) is 8.42 Å². The fraction of sp³-hybridized carbons (Fsp3) is 0.500. The molecule has 9 heteroatoms. The van der Waals surface area contributed by atoms with Gasteiger partial charge in [-0.3, -0.25) is 0 Å². The lowest BCUT2D eigenvalue weighted by Gasteiger charge is -2.31. The van der Waals surface area contributed by atoms with Gasteiger partial charge in [-0.1, -0.05) is 19.9 Å². The number of sulfone groups is 1. The third kappa shape index (κ3) is 3.57. The quantitative estimate of drug-likeness (QED) is 0.664. The number of hydrogen-bond donors (Lipinski definition) is 0. The second-order valence-corrected chi connectivity index (χ2v) is 10.9. The van der Waals surface area contributed by atoms with E-state index in [0.717, 1.165) is 11.8 Å². The maximum Gasteiger partial charge on any atom is 0.239 e. The zero-order valence-corrected chi connectivity index (χ0v) is 19.2. The Balaban J connectivity index is 1.96. The van der Waals surface area contributed by atoms with Crippen LogP contribution in [0.5, 0.6) is 0 Å². The predicted octanol–water partition coefficient (Wildman–Crippen LogP) is 3.65. The highest BCUT2D eigenvalue weighted by Crippen LogP contribution is 2.49. The summed E-state index contributed by atoms with van der Waals surface area (Å²) in [6, 6.07) is 3.30. The first-order valence-electron chi connectivity index (χ1n) is 10.2. The van der Waals surface area contributed by atoms with Gasteiger partial charge in [-0.15, -0.1) is 0 Å². The van der Waals surface area contributed by atoms with E-state index in [0.29, 0.717) is 49.8 Å². The highest BCUT2D eigenvalue weighted by molar-refractivity contribution is 7.90. The van der Waals surface area contributed by atoms with Gasteiger partial charge in [0.1, 0.15) is 11.4 Å². The smallest absolute Gasteiger partial charge is 0.239 e. The number of pyridine rings is 1. The molecular weight excluding hydrogens is 424 g/mol. The molecule has 0 atom stereocenters. The second-order valence-electron chi connectivity index (χ2n) is 8.96. The largest absolute Gasteiger partial charge is 0.378 e. The van der Waals surface area contributed by atoms with E-state index in [1.807, 2.05) is 20.8 Å². The molecule has 4 rings (SSSR count). The van der Waals surface area contributed by atoms with E-state index in [2.05, 4.69) is 4.98 Å². The lowest BCUT2D eigenvalue weighted by Crippen LogP contribution is -2.37. The van der Waals surface area contributed by atoms with Gasteiger partial charge in [-0.2, -0.15) is 4.39 Å². The van der Waals surface area contributed by atoms with Crippen LogP contribution in [0.4, 0.5) is 25.8 Å². The molecule has 0 aliphatic carbocycles. The minimum Gasteiger partial charge on any atom is -0.378 e. The Hall–Kier alpha value is -2.26. The van der Waals surface area contributed by atoms with Crippen LogP contribution in [0.1, 0.15) is 30.7 Å². The third-order valence-electron chi connectivity index (χ3n) is 6.09. The SMILES string of the molecule is Cc1ccc(S(C)(=O)=O)c(C)c1N1CC(C)(C)c2nc(F)c(N3CCOCC3)c(F)c21. The average molecular weight is 452 g/mol. The number of morpholine rings is 1. The van der Waals surface area contributed by atoms with Gasteiger partial charge in [-0.25, -0.2) is 17.8 Å². The molecule has 0 spiro atoms. The Morgan fingerprint density at radius 2 is 1.71 bits per heavy atom. The van der Waals surface area contributed by atoms with Gasteiger partial charge >= 0.3 is 0 Å². The molecule has 2 aliphatic heterocycles. The standard InChI is InChI=1S/C22H27F2N3O3S/c1-13-6-7-15(31(5,28)29)14(2)17(13)27-12-22(3,4)20-18(27)16(23)19(21(24)25-20)26-8-10-30-11-9-26/h6-7H,8-12H2,1-5H3. The molecule has 0 saturated carbocycles. The number of nitrogens with zero attached hydrogens (tertiary/aromatic N) is 3. The first kappa shape index (κ1) is 22.0. The number of ether oxygens (including phenoxy) is 1. The van der Waals surface area contributed by atoms with Gasteiger partial charge in [0, 0.05) is 37.0 Å². The first-order valence-corrected chi connectivity index (χ1v) is 12.1. The minimum atomic E-state index is -3.47. The number of aryl methyl sites for hydroxylation is 1. The molecule has 0 radical (unpaired) electrons. The molecule has 31 heavy (non-hydrogen) atoms. The summed E-state index contributed by atoms with van der Waals surface area (Å²) in [6.07, 6.45) is 1.16. The molecule has 2 aromatic rings. The molecule has 1 aromatic carbocycles. The predicted molar refractivity (Wildman–Crippen MR) is 116 cm³/mol. The van der Waals surface area contributed by atoms with Crippen LogP contribution in [0.2, 0.25) is 0 Å². The van der Waals surface area contributed by atoms with Crippen molar-refractivity contribution in [1.29, 1.82) is 0 Å². The molecular formula is C22H27F2N3O3S. The lowest BCUT2D eigenvalue weighted by atomic mass is 9.91. The summed E-state index contributed by atoms with van der Waals surface area (Å²) in [6.45, 7) is 9.23. The van der Waals surface area contributed by atoms with E-state index in [-0.39, 0.29) is 16.3 Å². The van der Waals surface area contributed by atoms with E-state index in [1.165, 1.54) is 0 Å². The fourth-order valence-electron chi connectivity index (χ4n) is 4.66. The number of halogens is 2. The van der Waals surface area contributed by atoms with Crippen molar-refractivity contribution in [2.45, 2.75) is 38.0 Å². The Kier molecular flexibility index (Phi) is 5.25. The molecule has 0 amide bonds. The summed E-state index contributed by atoms with van der Waals surface area (Å²) in [4.78, 5) is 7.78. The maximum absolute atomic E-state index is 16.0. The van der Waals surface area contributed by atoms with Crippen molar-refractivity contribution in [3.8, 4) is 0 Å². The molecule has 0 N–H and O–H groups in total. The molecule has 0 bridgehead atoms. The highest BCUT2D eigenvalue weighted by Gasteiger charge is 2.43. The van der Waals surface area contributed by atoms with E-state index >= 15 is 8.78 Å². The van der Waals surface area contributed by atoms with Gasteiger partial charge in [0.25, 0.3) is 0 Å². The molecule has 6 nitrogen and oxygen atoms in total. The molecule has 0 unspecified atom stereocenters. The van der Waals surface area contributed by atoms with Crippen molar-refractivity contribution in [2.24, 2.45) is 0 Å². The van der Waals surface area contributed by atoms with Crippen LogP contribution in [-0.2, 0) is 20.0 Å². The van der Waals surface area contributed by atoms with E-state index < -0.39 is 27.0 Å². The molecule has 1 aromatic heterocycles. The van der Waals surface area contributed by atoms with Gasteiger partial charge < -0.3 is 14.5 Å². The number of fused-ring (bicyclic) bond motifs is 1. The third-order valence-corrected chi connectivity index (χ3v) is 7.33. The van der Waals surface area contributed by atoms with Crippen LogP contribution in [0, 0.1) is 25.6 Å². The van der Waals surface area contributed by atoms with Gasteiger partial charge in [-0.05, 0) is 31.0 Å². The summed E-state index contributed by atoms with van der Waals surface area (Å²) < 4.78 is 60.9. The average Bonchev–Trinajstić information content (AvgIpc) is 2.92. The zero-order chi connectivity index (χ0) is 22.7. The highest BCUT2D eigenvalue weighted by atomic mass is 32.2. The number of aromatic nitrogens is 1. The topological polar surface area (TPSA) is 62.7 Å². The van der Waals surface area contributed by atoms with Crippen LogP contribution in [0.3, 0.4) is 0 Å². The van der Waals surface area contributed by atoms with Crippen LogP contribution in [-0.4, -0.2) is 52.5 Å². The monoisotopic (exact) mass is 451 g/mol. The van der Waals surface area contributed by atoms with Crippen molar-refractivity contribution in [3.05, 3.63) is 40.7 Å². The van der Waals surface area contributed by atoms with E-state index in [1.54, 1.807) is 28.9 Å². The normalized spacial score (nSPS) is 18.4. The molecule has 168 valence electrons. The number of anilines is 3. The van der Waals surface area contributed by atoms with Crippen molar-refractivity contribution in [1.82, 2.24) is 4.98 Å². The molecule has 1 saturated heterocycles. The maximum atomic E-state index is 16.0. The fourth-order valence-corrected chi connectivity index (χ4v) is 5.63. The van der Waals surface area contributed by atoms with E-state index in [4.69, 9.17) is 4.74 Å². The minimum absolute atomic E-state index is 0.153. The van der Waals surface area contributed by atoms with Gasteiger partial charge in [0.2, 0.25) is 5.95 Å². The van der Waals surface area contributed by atoms with Crippen molar-refractivity contribution < 1.29 is 21.9 Å². The van der Waals surface area contributed by atoms with Crippen molar-refractivity contribution in [2.75, 3.05) is 48.9 Å². The molecule has 2 aliphatic rings. The van der Waals surface area contributed by atoms with Gasteiger partial charge in [0.15, 0.2) is 15.7 Å². The Bertz CT molecular complexity index is 1160. The summed E-state index contributed by atoms with van der Waals surface area (Å²) >= 11 is 0. The summed E-state index contributed by atoms with van der Waals surface area (Å²) in [5, 5.41) is 0. The van der Waals surface area contributed by atoms with Crippen LogP contribution in [0.15, 0.2) is 17.0 Å². The number of rotatable bonds is 3. The Labute approximate surface area is 181 Å². The molecule has 1 fully saturated rings. The van der Waals surface area contributed by atoms with Crippen LogP contribution >= 0.6 is 0 Å². The Morgan fingerprint density at radius 1 is 1.06 bits per heavy atom. The first-order chi connectivity index (χ1) is 14.4. The molecule has 3 heterocycles. The van der Waals surface area contributed by atoms with Gasteiger partial charge in [0.05, 0.1) is 23.8 Å². The summed E-state index contributed by atoms with van der Waals surface area (Å²) in [5.41, 5.74) is 1.75. The van der Waals surface area contributed by atoms with Crippen molar-refractivity contribution in [3.63, 3.8) is 0 Å². The number of benzene rings is 1. The lowest BCUT2D eigenvalue weighted by molar-refractivity contribution is 0.122. The zero-order valence-electron chi connectivity index (χ0n) is 18.4. The number of hydrogen-bond acceptors (Lipinski definition) is 6. The van der Waals surface area contributed by atoms with Crippen LogP contribution in [0.25, 0.3) is 0 Å². The summed E-state index contributed by atoms with van der Waals surface area (Å²) in [7, 11) is -3.47. The van der Waals surface area contributed by atoms with Crippen molar-refractivity contribution >= 4 is 26.9 Å². The second kappa shape index (κ2) is 7.41. The summed E-state index contributed by atoms with van der Waals surface area (Å²) in [5.74, 6) is -1.50. The van der Waals surface area contributed by atoms with Crippen LogP contribution < -0.4 is 9.80 Å². The Morgan fingerprint density at radius 3 is 2.32 bits per heavy atom.